The second-order valence-electron chi connectivity index (χ2n) is 9.09. The van der Waals surface area contributed by atoms with Gasteiger partial charge >= 0.3 is 6.18 Å². The van der Waals surface area contributed by atoms with Crippen molar-refractivity contribution in [3.05, 3.63) is 29.3 Å². The zero-order valence-corrected chi connectivity index (χ0v) is 19.3. The van der Waals surface area contributed by atoms with Gasteiger partial charge in [0.25, 0.3) is 0 Å². The first-order valence-corrected chi connectivity index (χ1v) is 11.5. The lowest BCUT2D eigenvalue weighted by molar-refractivity contribution is -0.138. The summed E-state index contributed by atoms with van der Waals surface area (Å²) in [5.74, 6) is -0.421. The highest BCUT2D eigenvalue weighted by atomic mass is 19.4. The molecule has 0 bridgehead atoms. The molecule has 1 aromatic carbocycles. The lowest BCUT2D eigenvalue weighted by Crippen LogP contribution is -2.48. The van der Waals surface area contributed by atoms with Crippen LogP contribution in [-0.2, 0) is 15.8 Å². The first kappa shape index (κ1) is 24.9. The fourth-order valence-corrected chi connectivity index (χ4v) is 5.35. The van der Waals surface area contributed by atoms with Gasteiger partial charge in [-0.1, -0.05) is 13.8 Å². The van der Waals surface area contributed by atoms with Gasteiger partial charge in [0, 0.05) is 50.2 Å². The van der Waals surface area contributed by atoms with Crippen LogP contribution in [0.15, 0.2) is 18.2 Å². The van der Waals surface area contributed by atoms with Crippen LogP contribution in [0.3, 0.4) is 0 Å². The molecule has 1 N–H and O–H groups in total. The van der Waals surface area contributed by atoms with Crippen molar-refractivity contribution in [3.63, 3.8) is 0 Å². The highest BCUT2D eigenvalue weighted by molar-refractivity contribution is 5.84. The van der Waals surface area contributed by atoms with E-state index in [0.717, 1.165) is 18.9 Å². The lowest BCUT2D eigenvalue weighted by Gasteiger charge is -2.43. The minimum Gasteiger partial charge on any atom is -0.371 e. The highest BCUT2D eigenvalue weighted by Crippen LogP contribution is 2.46. The van der Waals surface area contributed by atoms with Gasteiger partial charge in [0.15, 0.2) is 0 Å². The molecule has 0 saturated carbocycles. The van der Waals surface area contributed by atoms with Crippen molar-refractivity contribution in [3.8, 4) is 6.07 Å². The van der Waals surface area contributed by atoms with Crippen molar-refractivity contribution in [2.45, 2.75) is 45.7 Å². The fourth-order valence-electron chi connectivity index (χ4n) is 5.35. The molecule has 2 heterocycles. The van der Waals surface area contributed by atoms with Crippen LogP contribution in [0.25, 0.3) is 0 Å². The van der Waals surface area contributed by atoms with Crippen molar-refractivity contribution in [1.82, 2.24) is 10.2 Å². The Morgan fingerprint density at radius 2 is 1.88 bits per heavy atom. The number of anilines is 1. The van der Waals surface area contributed by atoms with E-state index in [0.29, 0.717) is 44.7 Å². The number of alkyl halides is 3. The summed E-state index contributed by atoms with van der Waals surface area (Å²) in [5, 5.41) is 11.8. The van der Waals surface area contributed by atoms with Crippen molar-refractivity contribution < 1.29 is 22.8 Å². The zero-order valence-electron chi connectivity index (χ0n) is 19.3. The van der Waals surface area contributed by atoms with Crippen LogP contribution < -0.4 is 10.2 Å². The fraction of sp³-hybridized carbons (Fsp3) is 0.625. The van der Waals surface area contributed by atoms with E-state index in [-0.39, 0.29) is 23.7 Å². The number of carbonyl (C=O) groups is 2. The second kappa shape index (κ2) is 9.62. The SMILES string of the molecule is CCC(CC)C(=O)N1CC(C(=O)NC)C2(CCN(c3ccc(C#N)c(C(F)(F)F)c3)CC2)C1. The molecule has 0 aliphatic carbocycles. The molecule has 0 radical (unpaired) electrons. The van der Waals surface area contributed by atoms with E-state index >= 15 is 0 Å². The van der Waals surface area contributed by atoms with Gasteiger partial charge in [0.1, 0.15) is 0 Å². The van der Waals surface area contributed by atoms with Gasteiger partial charge in [-0.05, 0) is 43.9 Å². The summed E-state index contributed by atoms with van der Waals surface area (Å²) in [6.07, 6.45) is -1.92. The summed E-state index contributed by atoms with van der Waals surface area (Å²) in [7, 11) is 1.59. The Morgan fingerprint density at radius 3 is 2.39 bits per heavy atom. The second-order valence-corrected chi connectivity index (χ2v) is 9.09. The van der Waals surface area contributed by atoms with E-state index in [1.165, 1.54) is 6.07 Å². The summed E-state index contributed by atoms with van der Waals surface area (Å²) < 4.78 is 40.2. The number of halogens is 3. The minimum atomic E-state index is -4.61. The van der Waals surface area contributed by atoms with Crippen molar-refractivity contribution in [2.75, 3.05) is 38.1 Å². The van der Waals surface area contributed by atoms with Crippen LogP contribution in [-0.4, -0.2) is 49.9 Å². The summed E-state index contributed by atoms with van der Waals surface area (Å²) in [6, 6.07) is 5.39. The van der Waals surface area contributed by atoms with Crippen LogP contribution in [0.5, 0.6) is 0 Å². The Hall–Kier alpha value is -2.76. The molecule has 2 aliphatic rings. The third-order valence-electron chi connectivity index (χ3n) is 7.41. The Morgan fingerprint density at radius 1 is 1.24 bits per heavy atom. The molecular weight excluding hydrogens is 433 g/mol. The number of piperidine rings is 1. The van der Waals surface area contributed by atoms with Gasteiger partial charge in [0.2, 0.25) is 11.8 Å². The van der Waals surface area contributed by atoms with E-state index in [9.17, 15) is 22.8 Å². The van der Waals surface area contributed by atoms with Crippen LogP contribution >= 0.6 is 0 Å². The Bertz CT molecular complexity index is 929. The molecule has 33 heavy (non-hydrogen) atoms. The lowest BCUT2D eigenvalue weighted by atomic mass is 9.70. The summed E-state index contributed by atoms with van der Waals surface area (Å²) in [4.78, 5) is 29.4. The standard InChI is InChI=1S/C24H31F3N4O2/c1-4-16(5-2)22(33)31-14-20(21(32)29-3)23(15-31)8-10-30(11-9-23)18-7-6-17(13-28)19(12-18)24(25,26)27/h6-7,12,16,20H,4-5,8-11,14-15H2,1-3H3,(H,29,32). The quantitative estimate of drug-likeness (QED) is 0.719. The predicted molar refractivity (Wildman–Crippen MR) is 118 cm³/mol. The van der Waals surface area contributed by atoms with Gasteiger partial charge in [0.05, 0.1) is 23.1 Å². The van der Waals surface area contributed by atoms with E-state index < -0.39 is 22.7 Å². The van der Waals surface area contributed by atoms with Crippen molar-refractivity contribution >= 4 is 17.5 Å². The molecule has 2 saturated heterocycles. The number of hydrogen-bond donors (Lipinski definition) is 1. The molecule has 2 fully saturated rings. The van der Waals surface area contributed by atoms with Gasteiger partial charge < -0.3 is 15.1 Å². The van der Waals surface area contributed by atoms with Gasteiger partial charge in [-0.25, -0.2) is 0 Å². The number of carbonyl (C=O) groups excluding carboxylic acids is 2. The molecular formula is C24H31F3N4O2. The van der Waals surface area contributed by atoms with E-state index in [4.69, 9.17) is 5.26 Å². The molecule has 1 unspecified atom stereocenters. The van der Waals surface area contributed by atoms with Gasteiger partial charge in [-0.15, -0.1) is 0 Å². The van der Waals surface area contributed by atoms with Crippen molar-refractivity contribution in [1.29, 1.82) is 5.26 Å². The smallest absolute Gasteiger partial charge is 0.371 e. The van der Waals surface area contributed by atoms with Gasteiger partial charge in [-0.2, -0.15) is 18.4 Å². The number of nitrogens with one attached hydrogen (secondary N) is 1. The number of amides is 2. The Labute approximate surface area is 192 Å². The first-order valence-electron chi connectivity index (χ1n) is 11.5. The molecule has 6 nitrogen and oxygen atoms in total. The molecule has 180 valence electrons. The monoisotopic (exact) mass is 464 g/mol. The molecule has 1 aromatic rings. The first-order chi connectivity index (χ1) is 15.6. The summed E-state index contributed by atoms with van der Waals surface area (Å²) >= 11 is 0. The number of hydrogen-bond acceptors (Lipinski definition) is 4. The normalized spacial score (nSPS) is 20.2. The molecule has 1 atom stereocenters. The molecule has 0 aromatic heterocycles. The third kappa shape index (κ3) is 4.80. The molecule has 2 aliphatic heterocycles. The predicted octanol–water partition coefficient (Wildman–Crippen LogP) is 3.80. The van der Waals surface area contributed by atoms with E-state index in [2.05, 4.69) is 5.32 Å². The number of rotatable bonds is 5. The van der Waals surface area contributed by atoms with Crippen LogP contribution in [0.4, 0.5) is 18.9 Å². The van der Waals surface area contributed by atoms with Crippen LogP contribution in [0.2, 0.25) is 0 Å². The zero-order chi connectivity index (χ0) is 24.4. The maximum atomic E-state index is 13.4. The Balaban J connectivity index is 1.81. The van der Waals surface area contributed by atoms with Crippen molar-refractivity contribution in [2.24, 2.45) is 17.3 Å². The summed E-state index contributed by atoms with van der Waals surface area (Å²) in [5.41, 5.74) is -1.31. The number of nitriles is 1. The molecule has 2 amide bonds. The molecule has 1 spiro atoms. The number of nitrogens with zero attached hydrogens (tertiary/aromatic N) is 3. The minimum absolute atomic E-state index is 0.0648. The number of benzene rings is 1. The average Bonchev–Trinajstić information content (AvgIpc) is 3.17. The van der Waals surface area contributed by atoms with Gasteiger partial charge in [-0.3, -0.25) is 9.59 Å². The summed E-state index contributed by atoms with van der Waals surface area (Å²) in [6.45, 7) is 5.80. The molecule has 9 heteroatoms. The maximum absolute atomic E-state index is 13.4. The van der Waals surface area contributed by atoms with Crippen LogP contribution in [0.1, 0.15) is 50.7 Å². The highest BCUT2D eigenvalue weighted by Gasteiger charge is 2.52. The van der Waals surface area contributed by atoms with E-state index in [1.807, 2.05) is 23.6 Å². The average molecular weight is 465 g/mol. The molecule has 3 rings (SSSR count). The maximum Gasteiger partial charge on any atom is 0.417 e. The topological polar surface area (TPSA) is 76.4 Å². The third-order valence-corrected chi connectivity index (χ3v) is 7.41. The Kier molecular flexibility index (Phi) is 7.25. The van der Waals surface area contributed by atoms with Crippen LogP contribution in [0, 0.1) is 28.6 Å². The largest absolute Gasteiger partial charge is 0.417 e. The van der Waals surface area contributed by atoms with E-state index in [1.54, 1.807) is 19.2 Å². The number of likely N-dealkylation sites (tertiary alicyclic amines) is 1.